The van der Waals surface area contributed by atoms with Gasteiger partial charge in [0.1, 0.15) is 6.29 Å². The summed E-state index contributed by atoms with van der Waals surface area (Å²) in [4.78, 5) is 18.1. The number of rotatable bonds is 8. The number of carbonyl (C=O) groups excluding carboxylic acids is 1. The molecule has 3 N–H and O–H groups in total. The van der Waals surface area contributed by atoms with E-state index in [4.69, 9.17) is 4.74 Å². The molecular weight excluding hydrogens is 426 g/mol. The fraction of sp³-hybridized carbons (Fsp3) is 0.963. The molecule has 2 aliphatic heterocycles. The standard InChI is InChI=1S/C27H51N5O2/c1-4-24(5-2)31-13-15-32(16-14-31)26(33)21-7-6-8-23(17-21)30-27-28-18-22(19-29-27)20-9-11-25(34-3)12-10-20/h20-25,27-30H,4-19H2,1-3H3. The van der Waals surface area contributed by atoms with E-state index in [1.54, 1.807) is 0 Å². The van der Waals surface area contributed by atoms with Crippen molar-refractivity contribution in [3.05, 3.63) is 0 Å². The molecule has 0 radical (unpaired) electrons. The molecule has 7 heteroatoms. The lowest BCUT2D eigenvalue weighted by Crippen LogP contribution is -2.63. The van der Waals surface area contributed by atoms with E-state index in [0.717, 1.165) is 70.4 Å². The Labute approximate surface area is 208 Å². The number of ether oxygens (including phenoxy) is 1. The van der Waals surface area contributed by atoms with Gasteiger partial charge in [0.25, 0.3) is 0 Å². The molecule has 4 fully saturated rings. The molecule has 2 heterocycles. The monoisotopic (exact) mass is 477 g/mol. The third kappa shape index (κ3) is 6.73. The summed E-state index contributed by atoms with van der Waals surface area (Å²) in [6.45, 7) is 10.6. The van der Waals surface area contributed by atoms with E-state index in [0.29, 0.717) is 24.1 Å². The highest BCUT2D eigenvalue weighted by molar-refractivity contribution is 5.79. The Kier molecular flexibility index (Phi) is 10.1. The molecule has 2 unspecified atom stereocenters. The highest BCUT2D eigenvalue weighted by Gasteiger charge is 2.35. The first-order valence-electron chi connectivity index (χ1n) is 14.4. The number of piperazine rings is 1. The molecule has 1 amide bonds. The van der Waals surface area contributed by atoms with Gasteiger partial charge in [0.2, 0.25) is 5.91 Å². The van der Waals surface area contributed by atoms with Crippen LogP contribution in [0.5, 0.6) is 0 Å². The minimum atomic E-state index is 0.175. The molecule has 0 aromatic carbocycles. The normalized spacial score (nSPS) is 36.1. The molecule has 2 saturated carbocycles. The van der Waals surface area contributed by atoms with Crippen LogP contribution in [0.4, 0.5) is 0 Å². The molecule has 0 aromatic rings. The lowest BCUT2D eigenvalue weighted by Gasteiger charge is -2.42. The van der Waals surface area contributed by atoms with E-state index < -0.39 is 0 Å². The lowest BCUT2D eigenvalue weighted by atomic mass is 9.78. The largest absolute Gasteiger partial charge is 0.381 e. The number of carbonyl (C=O) groups is 1. The fourth-order valence-corrected chi connectivity index (χ4v) is 7.10. The second-order valence-corrected chi connectivity index (χ2v) is 11.3. The maximum Gasteiger partial charge on any atom is 0.225 e. The summed E-state index contributed by atoms with van der Waals surface area (Å²) in [6, 6.07) is 1.10. The van der Waals surface area contributed by atoms with Gasteiger partial charge in [-0.1, -0.05) is 20.3 Å². The van der Waals surface area contributed by atoms with Crippen molar-refractivity contribution >= 4 is 5.91 Å². The van der Waals surface area contributed by atoms with Crippen molar-refractivity contribution in [2.45, 2.75) is 103 Å². The average molecular weight is 478 g/mol. The van der Waals surface area contributed by atoms with E-state index in [-0.39, 0.29) is 12.2 Å². The molecule has 0 bridgehead atoms. The van der Waals surface area contributed by atoms with E-state index in [1.807, 2.05) is 7.11 Å². The van der Waals surface area contributed by atoms with Crippen molar-refractivity contribution in [2.75, 3.05) is 46.4 Å². The fourth-order valence-electron chi connectivity index (χ4n) is 7.10. The van der Waals surface area contributed by atoms with Gasteiger partial charge in [0.15, 0.2) is 0 Å². The zero-order valence-electron chi connectivity index (χ0n) is 22.1. The Bertz CT molecular complexity index is 606. The Hall–Kier alpha value is -0.730. The van der Waals surface area contributed by atoms with E-state index in [1.165, 1.54) is 44.9 Å². The molecular formula is C27H51N5O2. The zero-order valence-corrected chi connectivity index (χ0v) is 22.1. The maximum absolute atomic E-state index is 13.3. The number of hydrogen-bond donors (Lipinski definition) is 3. The van der Waals surface area contributed by atoms with Crippen molar-refractivity contribution in [2.24, 2.45) is 17.8 Å². The Balaban J connectivity index is 1.17. The third-order valence-electron chi connectivity index (χ3n) is 9.40. The van der Waals surface area contributed by atoms with Crippen molar-refractivity contribution in [1.82, 2.24) is 25.8 Å². The van der Waals surface area contributed by atoms with Gasteiger partial charge in [0.05, 0.1) is 6.10 Å². The Morgan fingerprint density at radius 2 is 1.62 bits per heavy atom. The summed E-state index contributed by atoms with van der Waals surface area (Å²) in [7, 11) is 1.85. The lowest BCUT2D eigenvalue weighted by molar-refractivity contribution is -0.139. The van der Waals surface area contributed by atoms with E-state index in [2.05, 4.69) is 39.6 Å². The molecule has 7 nitrogen and oxygen atoms in total. The van der Waals surface area contributed by atoms with Crippen LogP contribution in [0.15, 0.2) is 0 Å². The van der Waals surface area contributed by atoms with Crippen LogP contribution in [-0.4, -0.2) is 86.6 Å². The topological polar surface area (TPSA) is 68.9 Å². The highest BCUT2D eigenvalue weighted by Crippen LogP contribution is 2.32. The summed E-state index contributed by atoms with van der Waals surface area (Å²) in [5.74, 6) is 2.13. The molecule has 196 valence electrons. The number of methoxy groups -OCH3 is 1. The number of hydrogen-bond acceptors (Lipinski definition) is 6. The molecule has 2 atom stereocenters. The zero-order chi connectivity index (χ0) is 23.9. The van der Waals surface area contributed by atoms with Crippen molar-refractivity contribution < 1.29 is 9.53 Å². The van der Waals surface area contributed by atoms with E-state index >= 15 is 0 Å². The van der Waals surface area contributed by atoms with Crippen LogP contribution < -0.4 is 16.0 Å². The van der Waals surface area contributed by atoms with Gasteiger partial charge in [-0.3, -0.25) is 25.6 Å². The van der Waals surface area contributed by atoms with Gasteiger partial charge in [-0.2, -0.15) is 0 Å². The quantitative estimate of drug-likeness (QED) is 0.500. The van der Waals surface area contributed by atoms with Crippen molar-refractivity contribution in [1.29, 1.82) is 0 Å². The summed E-state index contributed by atoms with van der Waals surface area (Å²) in [6.07, 6.45) is 12.4. The summed E-state index contributed by atoms with van der Waals surface area (Å²) in [5.41, 5.74) is 0. The van der Waals surface area contributed by atoms with E-state index in [9.17, 15) is 4.79 Å². The van der Waals surface area contributed by atoms with Crippen LogP contribution in [-0.2, 0) is 9.53 Å². The number of nitrogens with one attached hydrogen (secondary N) is 3. The number of amides is 1. The Morgan fingerprint density at radius 3 is 2.24 bits per heavy atom. The number of nitrogens with zero attached hydrogens (tertiary/aromatic N) is 2. The molecule has 4 aliphatic rings. The molecule has 2 aliphatic carbocycles. The van der Waals surface area contributed by atoms with Crippen LogP contribution in [0, 0.1) is 17.8 Å². The van der Waals surface area contributed by atoms with Crippen LogP contribution >= 0.6 is 0 Å². The average Bonchev–Trinajstić information content (AvgIpc) is 2.90. The van der Waals surface area contributed by atoms with Crippen LogP contribution in [0.3, 0.4) is 0 Å². The van der Waals surface area contributed by atoms with Gasteiger partial charge in [0, 0.05) is 64.4 Å². The van der Waals surface area contributed by atoms with Crippen LogP contribution in [0.2, 0.25) is 0 Å². The van der Waals surface area contributed by atoms with Crippen molar-refractivity contribution in [3.63, 3.8) is 0 Å². The highest BCUT2D eigenvalue weighted by atomic mass is 16.5. The molecule has 2 saturated heterocycles. The van der Waals surface area contributed by atoms with Crippen molar-refractivity contribution in [3.8, 4) is 0 Å². The molecule has 34 heavy (non-hydrogen) atoms. The van der Waals surface area contributed by atoms with Crippen LogP contribution in [0.1, 0.15) is 78.1 Å². The van der Waals surface area contributed by atoms with Gasteiger partial charge in [-0.15, -0.1) is 0 Å². The maximum atomic E-state index is 13.3. The Morgan fingerprint density at radius 1 is 0.941 bits per heavy atom. The predicted octanol–water partition coefficient (Wildman–Crippen LogP) is 2.77. The van der Waals surface area contributed by atoms with Gasteiger partial charge in [-0.05, 0) is 69.6 Å². The second-order valence-electron chi connectivity index (χ2n) is 11.3. The minimum absolute atomic E-state index is 0.175. The summed E-state index contributed by atoms with van der Waals surface area (Å²) in [5, 5.41) is 11.2. The van der Waals surface area contributed by atoms with Gasteiger partial charge >= 0.3 is 0 Å². The first-order valence-corrected chi connectivity index (χ1v) is 14.4. The van der Waals surface area contributed by atoms with Crippen LogP contribution in [0.25, 0.3) is 0 Å². The summed E-state index contributed by atoms with van der Waals surface area (Å²) >= 11 is 0. The van der Waals surface area contributed by atoms with Gasteiger partial charge < -0.3 is 9.64 Å². The first kappa shape index (κ1) is 26.3. The molecule has 0 aromatic heterocycles. The molecule has 4 rings (SSSR count). The minimum Gasteiger partial charge on any atom is -0.381 e. The summed E-state index contributed by atoms with van der Waals surface area (Å²) < 4.78 is 5.55. The third-order valence-corrected chi connectivity index (χ3v) is 9.40. The predicted molar refractivity (Wildman–Crippen MR) is 137 cm³/mol. The smallest absolute Gasteiger partial charge is 0.225 e. The van der Waals surface area contributed by atoms with Gasteiger partial charge in [-0.25, -0.2) is 0 Å². The molecule has 0 spiro atoms. The first-order chi connectivity index (χ1) is 16.6. The SMILES string of the molecule is CCC(CC)N1CCN(C(=O)C2CCCC(NC3NCC(C4CCC(OC)CC4)CN3)C2)CC1. The second kappa shape index (κ2) is 13.0.